The predicted octanol–water partition coefficient (Wildman–Crippen LogP) is 1.84. The second-order valence-electron chi connectivity index (χ2n) is 4.44. The Morgan fingerprint density at radius 3 is 2.83 bits per heavy atom. The van der Waals surface area contributed by atoms with Crippen LogP contribution in [0, 0.1) is 17.8 Å². The fourth-order valence-corrected chi connectivity index (χ4v) is 2.11. The van der Waals surface area contributed by atoms with Crippen LogP contribution < -0.4 is 5.32 Å². The molecule has 68 valence electrons. The Balaban J connectivity index is 2.22. The van der Waals surface area contributed by atoms with Crippen LogP contribution in [0.3, 0.4) is 0 Å². The molecule has 1 aliphatic rings. The quantitative estimate of drug-likeness (QED) is 0.629. The summed E-state index contributed by atoms with van der Waals surface area (Å²) < 4.78 is 0. The van der Waals surface area contributed by atoms with Gasteiger partial charge >= 0.3 is 0 Å². The topological polar surface area (TPSA) is 12.0 Å². The van der Waals surface area contributed by atoms with Crippen molar-refractivity contribution in [3.63, 3.8) is 0 Å². The maximum atomic E-state index is 5.60. The molecule has 0 spiro atoms. The summed E-state index contributed by atoms with van der Waals surface area (Å²) in [5.41, 5.74) is 0. The largest absolute Gasteiger partial charge is 0.316 e. The van der Waals surface area contributed by atoms with Gasteiger partial charge < -0.3 is 5.32 Å². The van der Waals surface area contributed by atoms with Gasteiger partial charge in [-0.25, -0.2) is 0 Å². The summed E-state index contributed by atoms with van der Waals surface area (Å²) in [6.45, 7) is 6.98. The molecular weight excluding hydrogens is 145 g/mol. The van der Waals surface area contributed by atoms with E-state index in [0.29, 0.717) is 5.92 Å². The van der Waals surface area contributed by atoms with Gasteiger partial charge in [0.2, 0.25) is 0 Å². The second kappa shape index (κ2) is 4.91. The van der Waals surface area contributed by atoms with E-state index < -0.39 is 0 Å². The van der Waals surface area contributed by atoms with Crippen molar-refractivity contribution in [1.29, 1.82) is 0 Å². The van der Waals surface area contributed by atoms with E-state index in [9.17, 15) is 0 Å². The normalized spacial score (nSPS) is 33.2. The molecule has 0 aromatic heterocycles. The minimum absolute atomic E-state index is 0.696. The van der Waals surface area contributed by atoms with Crippen LogP contribution in [0.4, 0.5) is 0 Å². The maximum Gasteiger partial charge on any atom is 0.0656 e. The van der Waals surface area contributed by atoms with E-state index in [1.54, 1.807) is 0 Å². The summed E-state index contributed by atoms with van der Waals surface area (Å²) in [7, 11) is 5.60. The molecule has 1 fully saturated rings. The molecular formula is C10H20BN. The smallest absolute Gasteiger partial charge is 0.0656 e. The van der Waals surface area contributed by atoms with Crippen LogP contribution in [0.25, 0.3) is 0 Å². The number of piperidine rings is 1. The molecule has 0 saturated carbocycles. The summed E-state index contributed by atoms with van der Waals surface area (Å²) in [6.07, 6.45) is 3.52. The lowest BCUT2D eigenvalue weighted by atomic mass is 9.81. The first-order chi connectivity index (χ1) is 5.72. The number of nitrogens with one attached hydrogen (secondary N) is 1. The van der Waals surface area contributed by atoms with Crippen molar-refractivity contribution in [2.75, 3.05) is 13.1 Å². The Kier molecular flexibility index (Phi) is 4.13. The van der Waals surface area contributed by atoms with E-state index >= 15 is 0 Å². The van der Waals surface area contributed by atoms with Crippen molar-refractivity contribution in [2.24, 2.45) is 17.8 Å². The molecule has 1 N–H and O–H groups in total. The Morgan fingerprint density at radius 2 is 2.25 bits per heavy atom. The van der Waals surface area contributed by atoms with Gasteiger partial charge in [0, 0.05) is 0 Å². The molecule has 12 heavy (non-hydrogen) atoms. The van der Waals surface area contributed by atoms with Crippen molar-refractivity contribution in [1.82, 2.24) is 5.32 Å². The van der Waals surface area contributed by atoms with Crippen molar-refractivity contribution in [3.05, 3.63) is 0 Å². The van der Waals surface area contributed by atoms with Crippen molar-refractivity contribution in [2.45, 2.75) is 33.0 Å². The highest BCUT2D eigenvalue weighted by Gasteiger charge is 2.19. The molecule has 3 unspecified atom stereocenters. The molecule has 2 radical (unpaired) electrons. The molecule has 1 aliphatic heterocycles. The molecule has 0 bridgehead atoms. The second-order valence-corrected chi connectivity index (χ2v) is 4.44. The average Bonchev–Trinajstić information content (AvgIpc) is 2.04. The highest BCUT2D eigenvalue weighted by Crippen LogP contribution is 2.23. The van der Waals surface area contributed by atoms with E-state index in [-0.39, 0.29) is 0 Å². The third-order valence-corrected chi connectivity index (χ3v) is 2.80. The van der Waals surface area contributed by atoms with Gasteiger partial charge in [-0.2, -0.15) is 0 Å². The van der Waals surface area contributed by atoms with Gasteiger partial charge in [-0.15, -0.1) is 0 Å². The predicted molar refractivity (Wildman–Crippen MR) is 54.5 cm³/mol. The van der Waals surface area contributed by atoms with E-state index in [1.165, 1.54) is 25.9 Å². The molecule has 0 aliphatic carbocycles. The highest BCUT2D eigenvalue weighted by molar-refractivity contribution is 6.08. The third kappa shape index (κ3) is 3.18. The molecule has 0 aromatic carbocycles. The lowest BCUT2D eigenvalue weighted by molar-refractivity contribution is 0.266. The van der Waals surface area contributed by atoms with E-state index in [1.807, 2.05) is 0 Å². The Morgan fingerprint density at radius 1 is 1.50 bits per heavy atom. The fraction of sp³-hybridized carbons (Fsp3) is 1.00. The molecule has 3 atom stereocenters. The van der Waals surface area contributed by atoms with Gasteiger partial charge in [0.15, 0.2) is 0 Å². The molecule has 0 aromatic rings. The van der Waals surface area contributed by atoms with Crippen LogP contribution in [0.2, 0.25) is 6.32 Å². The van der Waals surface area contributed by atoms with Crippen molar-refractivity contribution >= 4 is 7.85 Å². The lowest BCUT2D eigenvalue weighted by Gasteiger charge is -2.29. The molecule has 1 saturated heterocycles. The molecule has 0 amide bonds. The maximum absolute atomic E-state index is 5.60. The zero-order valence-electron chi connectivity index (χ0n) is 8.34. The minimum Gasteiger partial charge on any atom is -0.316 e. The standard InChI is InChI=1S/C10H20BN/c1-8(5-11)3-10-4-9(2)6-12-7-10/h8-10,12H,3-7H2,1-2H3. The van der Waals surface area contributed by atoms with Crippen LogP contribution in [0.5, 0.6) is 0 Å². The van der Waals surface area contributed by atoms with Gasteiger partial charge in [0.1, 0.15) is 0 Å². The fourth-order valence-electron chi connectivity index (χ4n) is 2.11. The SMILES string of the molecule is [B]CC(C)CC1CNCC(C)C1. The zero-order valence-corrected chi connectivity index (χ0v) is 8.34. The van der Waals surface area contributed by atoms with E-state index in [4.69, 9.17) is 7.85 Å². The lowest BCUT2D eigenvalue weighted by Crippen LogP contribution is -2.35. The number of hydrogen-bond donors (Lipinski definition) is 1. The first kappa shape index (κ1) is 10.1. The van der Waals surface area contributed by atoms with E-state index in [2.05, 4.69) is 19.2 Å². The summed E-state index contributed by atoms with van der Waals surface area (Å²) >= 11 is 0. The number of rotatable bonds is 3. The van der Waals surface area contributed by atoms with Gasteiger partial charge in [0.25, 0.3) is 0 Å². The van der Waals surface area contributed by atoms with Crippen LogP contribution >= 0.6 is 0 Å². The Hall–Kier alpha value is 0.0249. The molecule has 1 nitrogen and oxygen atoms in total. The minimum atomic E-state index is 0.696. The van der Waals surface area contributed by atoms with Gasteiger partial charge in [0.05, 0.1) is 7.85 Å². The molecule has 1 heterocycles. The monoisotopic (exact) mass is 165 g/mol. The summed E-state index contributed by atoms with van der Waals surface area (Å²) in [5, 5.41) is 3.47. The number of hydrogen-bond acceptors (Lipinski definition) is 1. The Bertz CT molecular complexity index is 127. The van der Waals surface area contributed by atoms with Crippen LogP contribution in [-0.4, -0.2) is 20.9 Å². The van der Waals surface area contributed by atoms with Crippen molar-refractivity contribution < 1.29 is 0 Å². The van der Waals surface area contributed by atoms with Gasteiger partial charge in [-0.3, -0.25) is 0 Å². The highest BCUT2D eigenvalue weighted by atomic mass is 14.9. The van der Waals surface area contributed by atoms with Crippen LogP contribution in [-0.2, 0) is 0 Å². The molecule has 2 heteroatoms. The van der Waals surface area contributed by atoms with Gasteiger partial charge in [-0.05, 0) is 37.8 Å². The third-order valence-electron chi connectivity index (χ3n) is 2.80. The Labute approximate surface area is 77.7 Å². The first-order valence-corrected chi connectivity index (χ1v) is 5.13. The molecule has 1 rings (SSSR count). The first-order valence-electron chi connectivity index (χ1n) is 5.13. The van der Waals surface area contributed by atoms with Gasteiger partial charge in [-0.1, -0.05) is 26.1 Å². The zero-order chi connectivity index (χ0) is 8.97. The van der Waals surface area contributed by atoms with E-state index in [0.717, 1.165) is 18.2 Å². The van der Waals surface area contributed by atoms with Crippen LogP contribution in [0.15, 0.2) is 0 Å². The van der Waals surface area contributed by atoms with Crippen molar-refractivity contribution in [3.8, 4) is 0 Å². The summed E-state index contributed by atoms with van der Waals surface area (Å²) in [4.78, 5) is 0. The van der Waals surface area contributed by atoms with Crippen LogP contribution in [0.1, 0.15) is 26.7 Å². The summed E-state index contributed by atoms with van der Waals surface area (Å²) in [5.74, 6) is 2.42. The average molecular weight is 165 g/mol. The summed E-state index contributed by atoms with van der Waals surface area (Å²) in [6, 6.07) is 0.